The maximum absolute atomic E-state index is 10.2. The number of rotatable bonds is 6. The van der Waals surface area contributed by atoms with E-state index in [2.05, 4.69) is 29.8 Å². The number of halogens is 1. The minimum atomic E-state index is -0.508. The van der Waals surface area contributed by atoms with Crippen LogP contribution in [0.1, 0.15) is 35.9 Å². The molecule has 2 rings (SSSR count). The van der Waals surface area contributed by atoms with Gasteiger partial charge in [0.1, 0.15) is 0 Å². The van der Waals surface area contributed by atoms with E-state index in [-0.39, 0.29) is 0 Å². The van der Waals surface area contributed by atoms with Crippen molar-refractivity contribution >= 4 is 22.9 Å². The molecule has 0 spiro atoms. The maximum Gasteiger partial charge on any atom is 0.0914 e. The molecule has 0 aliphatic heterocycles. The summed E-state index contributed by atoms with van der Waals surface area (Å²) in [7, 11) is 0. The van der Waals surface area contributed by atoms with Crippen LogP contribution in [0.3, 0.4) is 0 Å². The molecule has 19 heavy (non-hydrogen) atoms. The monoisotopic (exact) mass is 295 g/mol. The van der Waals surface area contributed by atoms with Crippen LogP contribution in [-0.4, -0.2) is 11.7 Å². The van der Waals surface area contributed by atoms with Crippen molar-refractivity contribution in [3.8, 4) is 0 Å². The van der Waals surface area contributed by atoms with Crippen LogP contribution in [-0.2, 0) is 0 Å². The van der Waals surface area contributed by atoms with Gasteiger partial charge in [0.15, 0.2) is 0 Å². The Kier molecular flexibility index (Phi) is 5.40. The van der Waals surface area contributed by atoms with Crippen molar-refractivity contribution in [2.45, 2.75) is 25.5 Å². The van der Waals surface area contributed by atoms with Gasteiger partial charge in [-0.25, -0.2) is 0 Å². The molecule has 1 aromatic carbocycles. The molecule has 1 heterocycles. The Labute approximate surface area is 123 Å². The molecule has 2 nitrogen and oxygen atoms in total. The van der Waals surface area contributed by atoms with Crippen LogP contribution < -0.4 is 5.32 Å². The highest BCUT2D eigenvalue weighted by Gasteiger charge is 2.13. The van der Waals surface area contributed by atoms with Gasteiger partial charge in [0.25, 0.3) is 0 Å². The molecule has 0 fully saturated rings. The SMILES string of the molecule is CCC(NCC(O)c1ccc(Cl)cc1)c1cccs1. The van der Waals surface area contributed by atoms with E-state index >= 15 is 0 Å². The molecule has 0 saturated carbocycles. The van der Waals surface area contributed by atoms with Crippen molar-refractivity contribution in [1.29, 1.82) is 0 Å². The molecular formula is C15H18ClNOS. The molecule has 0 amide bonds. The summed E-state index contributed by atoms with van der Waals surface area (Å²) in [5.74, 6) is 0. The van der Waals surface area contributed by atoms with Crippen molar-refractivity contribution in [2.75, 3.05) is 6.54 Å². The van der Waals surface area contributed by atoms with E-state index in [1.165, 1.54) is 4.88 Å². The molecule has 2 aromatic rings. The molecule has 0 aliphatic carbocycles. The predicted molar refractivity (Wildman–Crippen MR) is 81.8 cm³/mol. The lowest BCUT2D eigenvalue weighted by molar-refractivity contribution is 0.169. The van der Waals surface area contributed by atoms with E-state index in [1.807, 2.05) is 12.1 Å². The van der Waals surface area contributed by atoms with Gasteiger partial charge in [-0.05, 0) is 35.6 Å². The number of aliphatic hydroxyl groups is 1. The second-order valence-corrected chi connectivity index (χ2v) is 5.87. The van der Waals surface area contributed by atoms with Crippen LogP contribution in [0.2, 0.25) is 5.02 Å². The molecule has 0 aliphatic rings. The molecule has 0 bridgehead atoms. The minimum absolute atomic E-state index is 0.307. The first-order valence-electron chi connectivity index (χ1n) is 6.41. The van der Waals surface area contributed by atoms with E-state index in [4.69, 9.17) is 11.6 Å². The lowest BCUT2D eigenvalue weighted by Crippen LogP contribution is -2.25. The third-order valence-electron chi connectivity index (χ3n) is 3.11. The first kappa shape index (κ1) is 14.5. The van der Waals surface area contributed by atoms with Crippen molar-refractivity contribution in [1.82, 2.24) is 5.32 Å². The Bertz CT molecular complexity index is 483. The van der Waals surface area contributed by atoms with Gasteiger partial charge in [-0.1, -0.05) is 36.7 Å². The Hall–Kier alpha value is -0.870. The highest BCUT2D eigenvalue weighted by Crippen LogP contribution is 2.23. The van der Waals surface area contributed by atoms with E-state index in [0.29, 0.717) is 17.6 Å². The fraction of sp³-hybridized carbons (Fsp3) is 0.333. The van der Waals surface area contributed by atoms with Gasteiger partial charge in [-0.15, -0.1) is 11.3 Å². The molecule has 2 unspecified atom stereocenters. The van der Waals surface area contributed by atoms with E-state index < -0.39 is 6.10 Å². The smallest absolute Gasteiger partial charge is 0.0914 e. The average molecular weight is 296 g/mol. The molecule has 102 valence electrons. The summed E-state index contributed by atoms with van der Waals surface area (Å²) in [6, 6.07) is 11.8. The van der Waals surface area contributed by atoms with Crippen molar-refractivity contribution in [3.05, 3.63) is 57.2 Å². The maximum atomic E-state index is 10.2. The van der Waals surface area contributed by atoms with Crippen molar-refractivity contribution in [3.63, 3.8) is 0 Å². The van der Waals surface area contributed by atoms with Gasteiger partial charge in [0, 0.05) is 22.5 Å². The Balaban J connectivity index is 1.92. The fourth-order valence-electron chi connectivity index (χ4n) is 1.99. The van der Waals surface area contributed by atoms with Gasteiger partial charge in [0.2, 0.25) is 0 Å². The van der Waals surface area contributed by atoms with E-state index in [1.54, 1.807) is 23.5 Å². The summed E-state index contributed by atoms with van der Waals surface area (Å²) >= 11 is 7.58. The van der Waals surface area contributed by atoms with Gasteiger partial charge in [-0.2, -0.15) is 0 Å². The second-order valence-electron chi connectivity index (χ2n) is 4.45. The molecule has 0 saturated heterocycles. The summed E-state index contributed by atoms with van der Waals surface area (Å²) in [4.78, 5) is 1.31. The van der Waals surface area contributed by atoms with Crippen molar-refractivity contribution < 1.29 is 5.11 Å². The van der Waals surface area contributed by atoms with Gasteiger partial charge >= 0.3 is 0 Å². The van der Waals surface area contributed by atoms with Crippen LogP contribution in [0.25, 0.3) is 0 Å². The number of aliphatic hydroxyl groups excluding tert-OH is 1. The first-order chi connectivity index (χ1) is 9.20. The molecule has 4 heteroatoms. The van der Waals surface area contributed by atoms with Gasteiger partial charge in [-0.3, -0.25) is 0 Å². The summed E-state index contributed by atoms with van der Waals surface area (Å²) in [6.07, 6.45) is 0.500. The summed E-state index contributed by atoms with van der Waals surface area (Å²) in [6.45, 7) is 2.68. The standard InChI is InChI=1S/C15H18ClNOS/c1-2-13(15-4-3-9-19-15)17-10-14(18)11-5-7-12(16)8-6-11/h3-9,13-14,17-18H,2,10H2,1H3. The highest BCUT2D eigenvalue weighted by atomic mass is 35.5. The van der Waals surface area contributed by atoms with Crippen LogP contribution in [0.5, 0.6) is 0 Å². The average Bonchev–Trinajstić information content (AvgIpc) is 2.94. The van der Waals surface area contributed by atoms with Crippen LogP contribution in [0.4, 0.5) is 0 Å². The Morgan fingerprint density at radius 1 is 1.26 bits per heavy atom. The zero-order valence-electron chi connectivity index (χ0n) is 10.8. The van der Waals surface area contributed by atoms with Crippen molar-refractivity contribution in [2.24, 2.45) is 0 Å². The fourth-order valence-corrected chi connectivity index (χ4v) is 3.00. The van der Waals surface area contributed by atoms with Crippen LogP contribution in [0, 0.1) is 0 Å². The van der Waals surface area contributed by atoms with Gasteiger partial charge in [0.05, 0.1) is 6.10 Å². The van der Waals surface area contributed by atoms with E-state index in [9.17, 15) is 5.11 Å². The first-order valence-corrected chi connectivity index (χ1v) is 7.66. The van der Waals surface area contributed by atoms with Crippen LogP contribution in [0.15, 0.2) is 41.8 Å². The quantitative estimate of drug-likeness (QED) is 0.838. The second kappa shape index (κ2) is 7.06. The minimum Gasteiger partial charge on any atom is -0.387 e. The number of benzene rings is 1. The Morgan fingerprint density at radius 2 is 2.00 bits per heavy atom. The van der Waals surface area contributed by atoms with E-state index in [0.717, 1.165) is 12.0 Å². The normalized spacial score (nSPS) is 14.3. The zero-order chi connectivity index (χ0) is 13.7. The summed E-state index contributed by atoms with van der Waals surface area (Å²) in [5, 5.41) is 16.3. The molecular weight excluding hydrogens is 278 g/mol. The zero-order valence-corrected chi connectivity index (χ0v) is 12.4. The number of hydrogen-bond donors (Lipinski definition) is 2. The molecule has 2 atom stereocenters. The predicted octanol–water partition coefficient (Wildman–Crippen LogP) is 4.18. The third-order valence-corrected chi connectivity index (χ3v) is 4.35. The van der Waals surface area contributed by atoms with Gasteiger partial charge < -0.3 is 10.4 Å². The van der Waals surface area contributed by atoms with Crippen LogP contribution >= 0.6 is 22.9 Å². The molecule has 1 aromatic heterocycles. The number of thiophene rings is 1. The number of nitrogens with one attached hydrogen (secondary N) is 1. The lowest BCUT2D eigenvalue weighted by atomic mass is 10.1. The lowest BCUT2D eigenvalue weighted by Gasteiger charge is -2.18. The number of hydrogen-bond acceptors (Lipinski definition) is 3. The summed E-state index contributed by atoms with van der Waals surface area (Å²) < 4.78 is 0. The highest BCUT2D eigenvalue weighted by molar-refractivity contribution is 7.10. The third kappa shape index (κ3) is 4.05. The topological polar surface area (TPSA) is 32.3 Å². The largest absolute Gasteiger partial charge is 0.387 e. The molecule has 0 radical (unpaired) electrons. The Morgan fingerprint density at radius 3 is 2.58 bits per heavy atom. The summed E-state index contributed by atoms with van der Waals surface area (Å²) in [5.41, 5.74) is 0.887. The molecule has 2 N–H and O–H groups in total.